The van der Waals surface area contributed by atoms with E-state index in [9.17, 15) is 4.79 Å². The SMILES string of the molecule is O=C(c1ccc(OC2CCN(Cc3ccccn3)CC2)cc1)N1CC2C[C@@H]3CC1C[C@H](C2)C3. The average molecular weight is 446 g/mol. The predicted molar refractivity (Wildman–Crippen MR) is 128 cm³/mol. The minimum Gasteiger partial charge on any atom is -0.490 e. The molecule has 3 aliphatic heterocycles. The Morgan fingerprint density at radius 3 is 2.33 bits per heavy atom. The first-order valence-electron chi connectivity index (χ1n) is 12.9. The van der Waals surface area contributed by atoms with Crippen molar-refractivity contribution in [3.8, 4) is 5.75 Å². The zero-order chi connectivity index (χ0) is 22.2. The van der Waals surface area contributed by atoms with Gasteiger partial charge in [0.2, 0.25) is 0 Å². The van der Waals surface area contributed by atoms with Crippen LogP contribution in [0.3, 0.4) is 0 Å². The second-order valence-corrected chi connectivity index (χ2v) is 10.8. The molecule has 0 spiro atoms. The lowest BCUT2D eigenvalue weighted by Gasteiger charge is -2.39. The summed E-state index contributed by atoms with van der Waals surface area (Å²) in [5.41, 5.74) is 1.94. The van der Waals surface area contributed by atoms with Gasteiger partial charge in [-0.15, -0.1) is 0 Å². The molecule has 0 N–H and O–H groups in total. The van der Waals surface area contributed by atoms with Crippen LogP contribution in [0.4, 0.5) is 0 Å². The van der Waals surface area contributed by atoms with Crippen LogP contribution in [-0.4, -0.2) is 52.5 Å². The highest BCUT2D eigenvalue weighted by Gasteiger charge is 2.44. The number of carbonyl (C=O) groups is 1. The van der Waals surface area contributed by atoms with Crippen LogP contribution in [0.2, 0.25) is 0 Å². The molecule has 5 nitrogen and oxygen atoms in total. The minimum absolute atomic E-state index is 0.225. The van der Waals surface area contributed by atoms with E-state index < -0.39 is 0 Å². The number of likely N-dealkylation sites (tertiary alicyclic amines) is 1. The number of ether oxygens (including phenoxy) is 1. The first-order chi connectivity index (χ1) is 16.2. The molecule has 0 radical (unpaired) electrons. The highest BCUT2D eigenvalue weighted by atomic mass is 16.5. The Kier molecular flexibility index (Phi) is 5.83. The summed E-state index contributed by atoms with van der Waals surface area (Å²) in [6.45, 7) is 3.92. The molecule has 7 rings (SSSR count). The van der Waals surface area contributed by atoms with E-state index in [1.54, 1.807) is 0 Å². The third-order valence-corrected chi connectivity index (χ3v) is 8.42. The minimum atomic E-state index is 0.225. The van der Waals surface area contributed by atoms with E-state index in [4.69, 9.17) is 4.74 Å². The number of amides is 1. The summed E-state index contributed by atoms with van der Waals surface area (Å²) < 4.78 is 6.28. The highest BCUT2D eigenvalue weighted by molar-refractivity contribution is 5.94. The van der Waals surface area contributed by atoms with Gasteiger partial charge in [0.05, 0.1) is 5.69 Å². The normalized spacial score (nSPS) is 29.8. The second kappa shape index (κ2) is 9.09. The fourth-order valence-electron chi connectivity index (χ4n) is 6.97. The summed E-state index contributed by atoms with van der Waals surface area (Å²) in [6, 6.07) is 14.5. The van der Waals surface area contributed by atoms with E-state index in [2.05, 4.69) is 20.9 Å². The second-order valence-electron chi connectivity index (χ2n) is 10.8. The van der Waals surface area contributed by atoms with Gasteiger partial charge in [-0.3, -0.25) is 14.7 Å². The van der Waals surface area contributed by atoms with Crippen LogP contribution in [0.5, 0.6) is 5.75 Å². The van der Waals surface area contributed by atoms with E-state index >= 15 is 0 Å². The van der Waals surface area contributed by atoms with Crippen molar-refractivity contribution >= 4 is 5.91 Å². The molecule has 2 aromatic rings. The fourth-order valence-corrected chi connectivity index (χ4v) is 6.97. The van der Waals surface area contributed by atoms with Crippen LogP contribution in [0, 0.1) is 17.8 Å². The molecular formula is C28H35N3O2. The zero-order valence-corrected chi connectivity index (χ0v) is 19.4. The smallest absolute Gasteiger partial charge is 0.254 e. The molecule has 3 saturated heterocycles. The molecule has 4 heterocycles. The summed E-state index contributed by atoms with van der Waals surface area (Å²) >= 11 is 0. The molecule has 5 fully saturated rings. The van der Waals surface area contributed by atoms with Gasteiger partial charge in [-0.05, 0) is 99.1 Å². The maximum atomic E-state index is 13.4. The van der Waals surface area contributed by atoms with Crippen LogP contribution in [-0.2, 0) is 6.54 Å². The first kappa shape index (κ1) is 21.2. The Hall–Kier alpha value is -2.40. The largest absolute Gasteiger partial charge is 0.490 e. The van der Waals surface area contributed by atoms with Crippen LogP contribution in [0.25, 0.3) is 0 Å². The van der Waals surface area contributed by atoms with E-state index in [0.29, 0.717) is 6.04 Å². The number of aromatic nitrogens is 1. The number of fused-ring (bicyclic) bond motifs is 1. The maximum absolute atomic E-state index is 13.4. The van der Waals surface area contributed by atoms with Crippen molar-refractivity contribution < 1.29 is 9.53 Å². The van der Waals surface area contributed by atoms with Gasteiger partial charge in [0.25, 0.3) is 5.91 Å². The maximum Gasteiger partial charge on any atom is 0.254 e. The Labute approximate surface area is 197 Å². The molecule has 2 saturated carbocycles. The van der Waals surface area contributed by atoms with E-state index in [-0.39, 0.29) is 12.0 Å². The molecule has 2 aliphatic carbocycles. The van der Waals surface area contributed by atoms with E-state index in [1.165, 1.54) is 32.1 Å². The Morgan fingerprint density at radius 1 is 0.909 bits per heavy atom. The predicted octanol–water partition coefficient (Wildman–Crippen LogP) is 4.78. The number of carbonyl (C=O) groups excluding carboxylic acids is 1. The number of benzene rings is 1. The van der Waals surface area contributed by atoms with Crippen LogP contribution in [0.15, 0.2) is 48.7 Å². The molecule has 1 aromatic heterocycles. The highest BCUT2D eigenvalue weighted by Crippen LogP contribution is 2.47. The number of piperidine rings is 1. The number of rotatable bonds is 5. The number of hydrogen-bond donors (Lipinski definition) is 0. The molecule has 4 atom stereocenters. The van der Waals surface area contributed by atoms with Crippen molar-refractivity contribution in [3.63, 3.8) is 0 Å². The fraction of sp³-hybridized carbons (Fsp3) is 0.571. The third-order valence-electron chi connectivity index (χ3n) is 8.42. The summed E-state index contributed by atoms with van der Waals surface area (Å²) in [4.78, 5) is 22.5. The molecule has 33 heavy (non-hydrogen) atoms. The van der Waals surface area contributed by atoms with Gasteiger partial charge in [0.1, 0.15) is 11.9 Å². The summed E-state index contributed by atoms with van der Waals surface area (Å²) in [7, 11) is 0. The van der Waals surface area contributed by atoms with Gasteiger partial charge >= 0.3 is 0 Å². The summed E-state index contributed by atoms with van der Waals surface area (Å²) in [5, 5.41) is 0. The van der Waals surface area contributed by atoms with Crippen molar-refractivity contribution in [1.29, 1.82) is 0 Å². The standard InChI is InChI=1S/C28H35N3O2/c32-28(31-18-22-14-20-13-21(15-22)17-25(31)16-20)23-4-6-26(7-5-23)33-27-8-11-30(12-9-27)19-24-3-1-2-10-29-24/h1-7,10,20-22,25,27H,8-9,11-19H2/t20-,21+,22?,25?. The molecular weight excluding hydrogens is 410 g/mol. The first-order valence-corrected chi connectivity index (χ1v) is 12.9. The number of pyridine rings is 1. The van der Waals surface area contributed by atoms with Crippen LogP contribution >= 0.6 is 0 Å². The van der Waals surface area contributed by atoms with Gasteiger partial charge < -0.3 is 9.64 Å². The van der Waals surface area contributed by atoms with Crippen LogP contribution < -0.4 is 4.74 Å². The lowest BCUT2D eigenvalue weighted by Crippen LogP contribution is -2.42. The quantitative estimate of drug-likeness (QED) is 0.665. The van der Waals surface area contributed by atoms with Gasteiger partial charge in [-0.1, -0.05) is 6.07 Å². The topological polar surface area (TPSA) is 45.7 Å². The lowest BCUT2D eigenvalue weighted by molar-refractivity contribution is 0.0632. The van der Waals surface area contributed by atoms with Gasteiger partial charge in [0.15, 0.2) is 0 Å². The molecule has 174 valence electrons. The molecule has 4 bridgehead atoms. The van der Waals surface area contributed by atoms with Crippen molar-refractivity contribution in [2.45, 2.75) is 63.6 Å². The average Bonchev–Trinajstić information content (AvgIpc) is 3.04. The monoisotopic (exact) mass is 445 g/mol. The van der Waals surface area contributed by atoms with Crippen LogP contribution in [0.1, 0.15) is 61.0 Å². The Balaban J connectivity index is 1.03. The summed E-state index contributed by atoms with van der Waals surface area (Å²) in [6.07, 6.45) is 10.7. The Bertz CT molecular complexity index is 941. The number of nitrogens with zero attached hydrogens (tertiary/aromatic N) is 3. The molecule has 2 unspecified atom stereocenters. The van der Waals surface area contributed by atoms with Gasteiger partial charge in [-0.2, -0.15) is 0 Å². The molecule has 5 heteroatoms. The number of hydrogen-bond acceptors (Lipinski definition) is 4. The third kappa shape index (κ3) is 4.65. The van der Waals surface area contributed by atoms with E-state index in [1.807, 2.05) is 42.6 Å². The van der Waals surface area contributed by atoms with Crippen molar-refractivity contribution in [1.82, 2.24) is 14.8 Å². The lowest BCUT2D eigenvalue weighted by atomic mass is 9.68. The van der Waals surface area contributed by atoms with E-state index in [0.717, 1.165) is 73.8 Å². The van der Waals surface area contributed by atoms with Gasteiger partial charge in [-0.25, -0.2) is 0 Å². The van der Waals surface area contributed by atoms with Crippen molar-refractivity contribution in [2.24, 2.45) is 17.8 Å². The molecule has 1 amide bonds. The van der Waals surface area contributed by atoms with Gasteiger partial charge in [0, 0.05) is 44.0 Å². The molecule has 5 aliphatic rings. The van der Waals surface area contributed by atoms with Crippen molar-refractivity contribution in [3.05, 3.63) is 59.9 Å². The molecule has 1 aromatic carbocycles. The summed E-state index contributed by atoms with van der Waals surface area (Å²) in [5.74, 6) is 3.54. The zero-order valence-electron chi connectivity index (χ0n) is 19.4. The Morgan fingerprint density at radius 2 is 1.64 bits per heavy atom. The van der Waals surface area contributed by atoms with Crippen molar-refractivity contribution in [2.75, 3.05) is 19.6 Å².